The molecule has 5 nitrogen and oxygen atoms in total. The maximum Gasteiger partial charge on any atom is 0.326 e. The minimum absolute atomic E-state index is 0.155. The molecule has 3 aromatic rings. The maximum absolute atomic E-state index is 12.6. The fourth-order valence-corrected chi connectivity index (χ4v) is 4.79. The Morgan fingerprint density at radius 2 is 1.56 bits per heavy atom. The lowest BCUT2D eigenvalue weighted by atomic mass is 9.83. The van der Waals surface area contributed by atoms with Crippen molar-refractivity contribution in [1.82, 2.24) is 5.32 Å². The van der Waals surface area contributed by atoms with Gasteiger partial charge in [-0.2, -0.15) is 0 Å². The van der Waals surface area contributed by atoms with E-state index < -0.39 is 17.9 Å². The molecule has 0 aromatic heterocycles. The first-order chi connectivity index (χ1) is 16.4. The van der Waals surface area contributed by atoms with Gasteiger partial charge in [0.2, 0.25) is 0 Å². The van der Waals surface area contributed by atoms with E-state index in [2.05, 4.69) is 29.6 Å². The highest BCUT2D eigenvalue weighted by Crippen LogP contribution is 2.33. The van der Waals surface area contributed by atoms with Gasteiger partial charge in [0.15, 0.2) is 0 Å². The van der Waals surface area contributed by atoms with Crippen LogP contribution >= 0.6 is 11.6 Å². The number of carbonyl (C=O) groups is 2. The molecule has 1 atom stereocenters. The van der Waals surface area contributed by atoms with Crippen molar-refractivity contribution in [3.8, 4) is 11.1 Å². The Labute approximate surface area is 204 Å². The van der Waals surface area contributed by atoms with Gasteiger partial charge in [-0.25, -0.2) is 4.79 Å². The van der Waals surface area contributed by atoms with Crippen molar-refractivity contribution >= 4 is 29.2 Å². The van der Waals surface area contributed by atoms with Gasteiger partial charge in [0.05, 0.1) is 5.56 Å². The zero-order chi connectivity index (χ0) is 24.1. The number of carbonyl (C=O) groups excluding carboxylic acids is 1. The summed E-state index contributed by atoms with van der Waals surface area (Å²) in [7, 11) is 0. The maximum atomic E-state index is 12.6. The summed E-state index contributed by atoms with van der Waals surface area (Å²) < 4.78 is 0. The van der Waals surface area contributed by atoms with Crippen LogP contribution in [-0.2, 0) is 11.2 Å². The molecule has 0 saturated heterocycles. The lowest BCUT2D eigenvalue weighted by Crippen LogP contribution is -2.42. The number of nitrogen functional groups attached to an aromatic ring is 1. The molecule has 1 amide bonds. The number of hydrogen-bond acceptors (Lipinski definition) is 3. The second-order valence-electron chi connectivity index (χ2n) is 8.95. The Bertz CT molecular complexity index is 1150. The molecule has 1 aliphatic carbocycles. The Morgan fingerprint density at radius 1 is 0.941 bits per heavy atom. The number of halogens is 1. The number of carboxylic acids is 1. The van der Waals surface area contributed by atoms with Crippen LogP contribution < -0.4 is 11.1 Å². The normalized spacial score (nSPS) is 15.0. The standard InChI is InChI=1S/C28H29ClN2O3/c29-23-14-15-25(30)24(17-23)27(32)31-26(28(33)34)16-18-6-8-20(9-7-18)22-12-10-21(11-13-22)19-4-2-1-3-5-19/h6-15,17,19,26H,1-5,16,30H2,(H,31,32)(H,33,34)/t26-/m0/s1. The Morgan fingerprint density at radius 3 is 2.18 bits per heavy atom. The third-order valence-electron chi connectivity index (χ3n) is 6.58. The van der Waals surface area contributed by atoms with Crippen LogP contribution in [0.25, 0.3) is 11.1 Å². The van der Waals surface area contributed by atoms with Crippen LogP contribution in [0.15, 0.2) is 66.7 Å². The summed E-state index contributed by atoms with van der Waals surface area (Å²) in [5.41, 5.74) is 10.7. The highest BCUT2D eigenvalue weighted by atomic mass is 35.5. The smallest absolute Gasteiger partial charge is 0.326 e. The Balaban J connectivity index is 1.42. The summed E-state index contributed by atoms with van der Waals surface area (Å²) in [5, 5.41) is 12.6. The zero-order valence-corrected chi connectivity index (χ0v) is 19.7. The highest BCUT2D eigenvalue weighted by Gasteiger charge is 2.22. The van der Waals surface area contributed by atoms with E-state index in [9.17, 15) is 14.7 Å². The van der Waals surface area contributed by atoms with E-state index in [0.717, 1.165) is 16.7 Å². The van der Waals surface area contributed by atoms with E-state index in [4.69, 9.17) is 17.3 Å². The lowest BCUT2D eigenvalue weighted by Gasteiger charge is -2.22. The van der Waals surface area contributed by atoms with Gasteiger partial charge >= 0.3 is 5.97 Å². The molecule has 0 heterocycles. The van der Waals surface area contributed by atoms with Crippen LogP contribution in [0, 0.1) is 0 Å². The third kappa shape index (κ3) is 5.78. The van der Waals surface area contributed by atoms with E-state index in [1.165, 1.54) is 49.8 Å². The summed E-state index contributed by atoms with van der Waals surface area (Å²) >= 11 is 5.95. The fourth-order valence-electron chi connectivity index (χ4n) is 4.61. The first-order valence-corrected chi connectivity index (χ1v) is 12.1. The number of amides is 1. The molecule has 3 aromatic carbocycles. The molecule has 1 fully saturated rings. The molecule has 1 aliphatic rings. The van der Waals surface area contributed by atoms with Gasteiger partial charge < -0.3 is 16.2 Å². The van der Waals surface area contributed by atoms with Crippen molar-refractivity contribution in [2.75, 3.05) is 5.73 Å². The van der Waals surface area contributed by atoms with Crippen molar-refractivity contribution in [1.29, 1.82) is 0 Å². The Hall–Kier alpha value is -3.31. The fraction of sp³-hybridized carbons (Fsp3) is 0.286. The van der Waals surface area contributed by atoms with Crippen LogP contribution in [0.5, 0.6) is 0 Å². The van der Waals surface area contributed by atoms with Crippen LogP contribution in [-0.4, -0.2) is 23.0 Å². The summed E-state index contributed by atoms with van der Waals surface area (Å²) in [4.78, 5) is 24.4. The number of nitrogens with two attached hydrogens (primary N) is 1. The van der Waals surface area contributed by atoms with E-state index in [-0.39, 0.29) is 17.7 Å². The van der Waals surface area contributed by atoms with Crippen molar-refractivity contribution < 1.29 is 14.7 Å². The topological polar surface area (TPSA) is 92.4 Å². The van der Waals surface area contributed by atoms with Crippen molar-refractivity contribution in [3.63, 3.8) is 0 Å². The second kappa shape index (κ2) is 10.7. The molecule has 34 heavy (non-hydrogen) atoms. The zero-order valence-electron chi connectivity index (χ0n) is 19.0. The SMILES string of the molecule is Nc1ccc(Cl)cc1C(=O)N[C@@H](Cc1ccc(-c2ccc(C3CCCCC3)cc2)cc1)C(=O)O. The number of aliphatic carboxylic acids is 1. The van der Waals surface area contributed by atoms with Crippen molar-refractivity contribution in [2.45, 2.75) is 50.5 Å². The summed E-state index contributed by atoms with van der Waals surface area (Å²) in [6, 6.07) is 20.0. The van der Waals surface area contributed by atoms with Crippen molar-refractivity contribution in [3.05, 3.63) is 88.4 Å². The monoisotopic (exact) mass is 476 g/mol. The molecule has 6 heteroatoms. The Kier molecular flexibility index (Phi) is 7.53. The number of carboxylic acid groups (broad SMARTS) is 1. The second-order valence-corrected chi connectivity index (χ2v) is 9.39. The highest BCUT2D eigenvalue weighted by molar-refractivity contribution is 6.31. The average Bonchev–Trinajstić information content (AvgIpc) is 2.86. The number of anilines is 1. The summed E-state index contributed by atoms with van der Waals surface area (Å²) in [6.45, 7) is 0. The van der Waals surface area contributed by atoms with Gasteiger partial charge in [0.1, 0.15) is 6.04 Å². The van der Waals surface area contributed by atoms with Gasteiger partial charge in [-0.05, 0) is 59.2 Å². The molecule has 0 radical (unpaired) electrons. The lowest BCUT2D eigenvalue weighted by molar-refractivity contribution is -0.139. The number of benzene rings is 3. The van der Waals surface area contributed by atoms with Gasteiger partial charge in [0, 0.05) is 17.1 Å². The summed E-state index contributed by atoms with van der Waals surface area (Å²) in [5.74, 6) is -1.01. The predicted octanol–water partition coefficient (Wildman–Crippen LogP) is 6.06. The average molecular weight is 477 g/mol. The molecule has 1 saturated carbocycles. The van der Waals surface area contributed by atoms with E-state index in [0.29, 0.717) is 10.9 Å². The molecular weight excluding hydrogens is 448 g/mol. The van der Waals surface area contributed by atoms with E-state index >= 15 is 0 Å². The molecular formula is C28H29ClN2O3. The molecule has 0 bridgehead atoms. The molecule has 176 valence electrons. The molecule has 4 rings (SSSR count). The first-order valence-electron chi connectivity index (χ1n) is 11.7. The van der Waals surface area contributed by atoms with Gasteiger partial charge in [-0.1, -0.05) is 79.4 Å². The number of hydrogen-bond donors (Lipinski definition) is 3. The van der Waals surface area contributed by atoms with Crippen LogP contribution in [0.3, 0.4) is 0 Å². The number of rotatable bonds is 7. The molecule has 0 aliphatic heterocycles. The molecule has 0 spiro atoms. The van der Waals surface area contributed by atoms with Gasteiger partial charge in [-0.3, -0.25) is 4.79 Å². The minimum Gasteiger partial charge on any atom is -0.480 e. The van der Waals surface area contributed by atoms with Crippen molar-refractivity contribution in [2.24, 2.45) is 0 Å². The summed E-state index contributed by atoms with van der Waals surface area (Å²) in [6.07, 6.45) is 6.69. The number of nitrogens with one attached hydrogen (secondary N) is 1. The van der Waals surface area contributed by atoms with Gasteiger partial charge in [-0.15, -0.1) is 0 Å². The van der Waals surface area contributed by atoms with Crippen LogP contribution in [0.1, 0.15) is 59.5 Å². The predicted molar refractivity (Wildman–Crippen MR) is 136 cm³/mol. The quantitative estimate of drug-likeness (QED) is 0.361. The largest absolute Gasteiger partial charge is 0.480 e. The van der Waals surface area contributed by atoms with Crippen LogP contribution in [0.2, 0.25) is 5.02 Å². The molecule has 4 N–H and O–H groups in total. The van der Waals surface area contributed by atoms with E-state index in [1.807, 2.05) is 24.3 Å². The molecule has 0 unspecified atom stereocenters. The minimum atomic E-state index is -1.11. The van der Waals surface area contributed by atoms with E-state index in [1.54, 1.807) is 6.07 Å². The van der Waals surface area contributed by atoms with Crippen LogP contribution in [0.4, 0.5) is 5.69 Å². The first kappa shape index (κ1) is 23.8. The third-order valence-corrected chi connectivity index (χ3v) is 6.81. The van der Waals surface area contributed by atoms with Gasteiger partial charge in [0.25, 0.3) is 5.91 Å².